The smallest absolute Gasteiger partial charge is 0.438 e. The minimum Gasteiger partial charge on any atom is -0.438 e. The van der Waals surface area contributed by atoms with E-state index in [0.717, 1.165) is 6.42 Å². The number of unbranched alkanes of at least 4 members (excludes halogenated alkanes) is 2. The second-order valence-corrected chi connectivity index (χ2v) is 3.13. The minimum absolute atomic E-state index is 0.0168. The fourth-order valence-electron chi connectivity index (χ4n) is 1.01. The van der Waals surface area contributed by atoms with Crippen molar-refractivity contribution in [2.75, 3.05) is 20.4 Å². The number of hydrogen-bond acceptors (Lipinski definition) is 4. The summed E-state index contributed by atoms with van der Waals surface area (Å²) in [5.41, 5.74) is 0. The molecule has 0 amide bonds. The maximum atomic E-state index is 11.7. The van der Waals surface area contributed by atoms with Gasteiger partial charge in [0, 0.05) is 6.42 Å². The average Bonchev–Trinajstić information content (AvgIpc) is 2.30. The van der Waals surface area contributed by atoms with Crippen molar-refractivity contribution in [3.8, 4) is 0 Å². The first kappa shape index (κ1) is 14.6. The lowest BCUT2D eigenvalue weighted by Gasteiger charge is -1.98. The molecule has 0 aromatic rings. The van der Waals surface area contributed by atoms with Crippen LogP contribution in [0.2, 0.25) is 0 Å². The highest BCUT2D eigenvalue weighted by Gasteiger charge is 1.98. The van der Waals surface area contributed by atoms with E-state index in [-0.39, 0.29) is 19.1 Å². The Hall–Kier alpha value is -1.39. The molecule has 0 spiro atoms. The SMILES string of the molecule is COC(=O)OC/C=C/C(=O)CCCCCF. The summed E-state index contributed by atoms with van der Waals surface area (Å²) in [6.07, 6.45) is 4.34. The van der Waals surface area contributed by atoms with Gasteiger partial charge in [-0.05, 0) is 25.0 Å². The summed E-state index contributed by atoms with van der Waals surface area (Å²) in [6.45, 7) is -0.320. The first-order valence-corrected chi connectivity index (χ1v) is 5.16. The second kappa shape index (κ2) is 10.1. The Morgan fingerprint density at radius 3 is 2.62 bits per heavy atom. The van der Waals surface area contributed by atoms with Gasteiger partial charge in [-0.2, -0.15) is 0 Å². The second-order valence-electron chi connectivity index (χ2n) is 3.13. The van der Waals surface area contributed by atoms with Crippen LogP contribution < -0.4 is 0 Å². The van der Waals surface area contributed by atoms with E-state index in [2.05, 4.69) is 9.47 Å². The van der Waals surface area contributed by atoms with Crippen LogP contribution in [0, 0.1) is 0 Å². The summed E-state index contributed by atoms with van der Waals surface area (Å²) in [6, 6.07) is 0. The number of methoxy groups -OCH3 is 1. The van der Waals surface area contributed by atoms with Crippen LogP contribution in [-0.4, -0.2) is 32.3 Å². The molecular formula is C11H17FO4. The quantitative estimate of drug-likeness (QED) is 0.366. The maximum absolute atomic E-state index is 11.7. The van der Waals surface area contributed by atoms with Gasteiger partial charge in [0.15, 0.2) is 5.78 Å². The molecule has 4 nitrogen and oxygen atoms in total. The molecular weight excluding hydrogens is 215 g/mol. The average molecular weight is 232 g/mol. The Balaban J connectivity index is 3.47. The highest BCUT2D eigenvalue weighted by molar-refractivity contribution is 5.89. The summed E-state index contributed by atoms with van der Waals surface area (Å²) >= 11 is 0. The van der Waals surface area contributed by atoms with Crippen molar-refractivity contribution in [3.63, 3.8) is 0 Å². The van der Waals surface area contributed by atoms with Gasteiger partial charge in [-0.3, -0.25) is 9.18 Å². The zero-order chi connectivity index (χ0) is 12.2. The van der Waals surface area contributed by atoms with E-state index in [1.807, 2.05) is 0 Å². The fraction of sp³-hybridized carbons (Fsp3) is 0.636. The zero-order valence-electron chi connectivity index (χ0n) is 9.41. The summed E-state index contributed by atoms with van der Waals surface area (Å²) < 4.78 is 20.5. The Morgan fingerprint density at radius 1 is 1.25 bits per heavy atom. The summed E-state index contributed by atoms with van der Waals surface area (Å²) in [5, 5.41) is 0. The zero-order valence-corrected chi connectivity index (χ0v) is 9.41. The molecule has 0 saturated carbocycles. The normalized spacial score (nSPS) is 10.4. The molecule has 92 valence electrons. The van der Waals surface area contributed by atoms with Crippen molar-refractivity contribution in [2.24, 2.45) is 0 Å². The first-order chi connectivity index (χ1) is 7.70. The number of rotatable bonds is 8. The number of halogens is 1. The fourth-order valence-corrected chi connectivity index (χ4v) is 1.01. The lowest BCUT2D eigenvalue weighted by atomic mass is 10.1. The van der Waals surface area contributed by atoms with Crippen LogP contribution in [0.5, 0.6) is 0 Å². The van der Waals surface area contributed by atoms with Crippen LogP contribution in [-0.2, 0) is 14.3 Å². The van der Waals surface area contributed by atoms with Gasteiger partial charge in [-0.1, -0.05) is 6.42 Å². The Morgan fingerprint density at radius 2 is 2.00 bits per heavy atom. The van der Waals surface area contributed by atoms with Gasteiger partial charge in [-0.15, -0.1) is 0 Å². The molecule has 0 atom stereocenters. The molecule has 0 aliphatic carbocycles. The van der Waals surface area contributed by atoms with Gasteiger partial charge >= 0.3 is 6.16 Å². The van der Waals surface area contributed by atoms with Gasteiger partial charge in [0.1, 0.15) is 6.61 Å². The Bertz CT molecular complexity index is 238. The Kier molecular flexibility index (Phi) is 9.26. The molecule has 0 aromatic heterocycles. The van der Waals surface area contributed by atoms with Crippen LogP contribution in [0.25, 0.3) is 0 Å². The van der Waals surface area contributed by atoms with E-state index in [1.165, 1.54) is 19.3 Å². The van der Waals surface area contributed by atoms with Crippen molar-refractivity contribution in [1.82, 2.24) is 0 Å². The van der Waals surface area contributed by atoms with Crippen molar-refractivity contribution < 1.29 is 23.5 Å². The minimum atomic E-state index is -0.778. The molecule has 0 aliphatic heterocycles. The highest BCUT2D eigenvalue weighted by atomic mass is 19.1. The summed E-state index contributed by atoms with van der Waals surface area (Å²) in [7, 11) is 1.21. The maximum Gasteiger partial charge on any atom is 0.508 e. The first-order valence-electron chi connectivity index (χ1n) is 5.16. The predicted molar refractivity (Wildman–Crippen MR) is 56.9 cm³/mol. The lowest BCUT2D eigenvalue weighted by molar-refractivity contribution is -0.114. The molecule has 0 aliphatic rings. The molecule has 0 N–H and O–H groups in total. The van der Waals surface area contributed by atoms with Gasteiger partial charge in [0.25, 0.3) is 0 Å². The van der Waals surface area contributed by atoms with Gasteiger partial charge in [-0.25, -0.2) is 4.79 Å². The lowest BCUT2D eigenvalue weighted by Crippen LogP contribution is -2.04. The molecule has 5 heteroatoms. The third-order valence-corrected chi connectivity index (χ3v) is 1.82. The molecule has 0 aromatic carbocycles. The number of allylic oxidation sites excluding steroid dienone is 1. The standard InChI is InChI=1S/C11H17FO4/c1-15-11(14)16-9-5-7-10(13)6-3-2-4-8-12/h5,7H,2-4,6,8-9H2,1H3/b7-5+. The molecule has 0 fully saturated rings. The van der Waals surface area contributed by atoms with Crippen LogP contribution in [0.4, 0.5) is 9.18 Å². The van der Waals surface area contributed by atoms with Gasteiger partial charge in [0.2, 0.25) is 0 Å². The molecule has 0 rings (SSSR count). The predicted octanol–water partition coefficient (Wildman–Crippen LogP) is 2.42. The van der Waals surface area contributed by atoms with Crippen molar-refractivity contribution >= 4 is 11.9 Å². The van der Waals surface area contributed by atoms with E-state index in [0.29, 0.717) is 19.3 Å². The molecule has 0 saturated heterocycles. The molecule has 16 heavy (non-hydrogen) atoms. The third kappa shape index (κ3) is 9.18. The highest BCUT2D eigenvalue weighted by Crippen LogP contribution is 2.01. The third-order valence-electron chi connectivity index (χ3n) is 1.82. The van der Waals surface area contributed by atoms with Crippen molar-refractivity contribution in [2.45, 2.75) is 25.7 Å². The summed E-state index contributed by atoms with van der Waals surface area (Å²) in [4.78, 5) is 21.7. The number of alkyl halides is 1. The Labute approximate surface area is 94.4 Å². The number of ether oxygens (including phenoxy) is 2. The summed E-state index contributed by atoms with van der Waals surface area (Å²) in [5.74, 6) is -0.0488. The van der Waals surface area contributed by atoms with Crippen LogP contribution in [0.15, 0.2) is 12.2 Å². The van der Waals surface area contributed by atoms with Crippen molar-refractivity contribution in [1.29, 1.82) is 0 Å². The van der Waals surface area contributed by atoms with E-state index < -0.39 is 6.16 Å². The molecule has 0 heterocycles. The number of carbonyl (C=O) groups excluding carboxylic acids is 2. The largest absolute Gasteiger partial charge is 0.508 e. The molecule has 0 radical (unpaired) electrons. The van der Waals surface area contributed by atoms with E-state index >= 15 is 0 Å². The van der Waals surface area contributed by atoms with E-state index in [1.54, 1.807) is 0 Å². The van der Waals surface area contributed by atoms with E-state index in [4.69, 9.17) is 0 Å². The molecule has 0 unspecified atom stereocenters. The topological polar surface area (TPSA) is 52.6 Å². The van der Waals surface area contributed by atoms with Gasteiger partial charge < -0.3 is 9.47 Å². The number of carbonyl (C=O) groups is 2. The van der Waals surface area contributed by atoms with Crippen LogP contribution >= 0.6 is 0 Å². The molecule has 0 bridgehead atoms. The van der Waals surface area contributed by atoms with Crippen LogP contribution in [0.1, 0.15) is 25.7 Å². The van der Waals surface area contributed by atoms with Crippen LogP contribution in [0.3, 0.4) is 0 Å². The van der Waals surface area contributed by atoms with Gasteiger partial charge in [0.05, 0.1) is 13.8 Å². The number of ketones is 1. The monoisotopic (exact) mass is 232 g/mol. The van der Waals surface area contributed by atoms with Crippen molar-refractivity contribution in [3.05, 3.63) is 12.2 Å². The van der Waals surface area contributed by atoms with E-state index in [9.17, 15) is 14.0 Å². The number of hydrogen-bond donors (Lipinski definition) is 0.